The maximum absolute atomic E-state index is 12.2. The van der Waals surface area contributed by atoms with Gasteiger partial charge in [-0.2, -0.15) is 0 Å². The Labute approximate surface area is 136 Å². The van der Waals surface area contributed by atoms with Gasteiger partial charge in [0.15, 0.2) is 0 Å². The first-order valence-corrected chi connectivity index (χ1v) is 8.19. The second kappa shape index (κ2) is 6.14. The number of hydrogen-bond acceptors (Lipinski definition) is 5. The zero-order valence-corrected chi connectivity index (χ0v) is 13.6. The number of oxime groups is 1. The minimum absolute atomic E-state index is 0.107. The van der Waals surface area contributed by atoms with E-state index in [1.807, 2.05) is 18.2 Å². The molecule has 0 amide bonds. The molecular formula is C18H22N2O3. The lowest BCUT2D eigenvalue weighted by molar-refractivity contribution is -0.134. The molecule has 1 aliphatic carbocycles. The molecule has 0 spiro atoms. The van der Waals surface area contributed by atoms with E-state index in [1.54, 1.807) is 6.92 Å². The molecule has 122 valence electrons. The van der Waals surface area contributed by atoms with Crippen molar-refractivity contribution < 1.29 is 14.7 Å². The van der Waals surface area contributed by atoms with Crippen molar-refractivity contribution in [3.63, 3.8) is 0 Å². The summed E-state index contributed by atoms with van der Waals surface area (Å²) >= 11 is 0. The van der Waals surface area contributed by atoms with Crippen LogP contribution in [0.1, 0.15) is 56.6 Å². The lowest BCUT2D eigenvalue weighted by Gasteiger charge is -2.43. The molecule has 1 saturated carbocycles. The van der Waals surface area contributed by atoms with Crippen molar-refractivity contribution in [2.75, 3.05) is 6.61 Å². The minimum atomic E-state index is -0.638. The fraction of sp³-hybridized carbons (Fsp3) is 0.500. The number of rotatable bonds is 3. The Bertz CT molecular complexity index is 681. The zero-order valence-electron chi connectivity index (χ0n) is 13.6. The molecule has 1 aromatic carbocycles. The Balaban J connectivity index is 2.13. The smallest absolute Gasteiger partial charge is 0.362 e. The largest absolute Gasteiger partial charge is 0.461 e. The predicted molar refractivity (Wildman–Crippen MR) is 88.4 cm³/mol. The molecule has 5 heteroatoms. The summed E-state index contributed by atoms with van der Waals surface area (Å²) in [4.78, 5) is 17.0. The van der Waals surface area contributed by atoms with E-state index in [9.17, 15) is 10.0 Å². The van der Waals surface area contributed by atoms with E-state index in [0.29, 0.717) is 11.6 Å². The molecule has 1 aliphatic heterocycles. The van der Waals surface area contributed by atoms with Gasteiger partial charge in [-0.15, -0.1) is 0 Å². The third kappa shape index (κ3) is 2.64. The molecule has 23 heavy (non-hydrogen) atoms. The van der Waals surface area contributed by atoms with Gasteiger partial charge < -0.3 is 9.94 Å². The van der Waals surface area contributed by atoms with Crippen LogP contribution in [0, 0.1) is 0 Å². The molecule has 0 radical (unpaired) electrons. The third-order valence-electron chi connectivity index (χ3n) is 4.93. The van der Waals surface area contributed by atoms with E-state index in [0.717, 1.165) is 24.8 Å². The first-order chi connectivity index (χ1) is 11.1. The third-order valence-corrected chi connectivity index (χ3v) is 4.93. The van der Waals surface area contributed by atoms with Crippen LogP contribution in [0.25, 0.3) is 0 Å². The van der Waals surface area contributed by atoms with Crippen LogP contribution in [0.2, 0.25) is 0 Å². The van der Waals surface area contributed by atoms with Crippen LogP contribution in [0.5, 0.6) is 0 Å². The van der Waals surface area contributed by atoms with E-state index in [1.165, 1.54) is 12.0 Å². The number of benzene rings is 1. The van der Waals surface area contributed by atoms with Gasteiger partial charge in [-0.1, -0.05) is 42.3 Å². The highest BCUT2D eigenvalue weighted by Crippen LogP contribution is 2.47. The fourth-order valence-electron chi connectivity index (χ4n) is 3.84. The second-order valence-corrected chi connectivity index (χ2v) is 6.37. The fourth-order valence-corrected chi connectivity index (χ4v) is 3.84. The topological polar surface area (TPSA) is 71.2 Å². The van der Waals surface area contributed by atoms with Gasteiger partial charge in [0.2, 0.25) is 5.71 Å². The summed E-state index contributed by atoms with van der Waals surface area (Å²) < 4.78 is 5.02. The van der Waals surface area contributed by atoms with E-state index in [-0.39, 0.29) is 17.9 Å². The molecule has 1 aromatic rings. The van der Waals surface area contributed by atoms with Gasteiger partial charge in [0.05, 0.1) is 12.1 Å². The molecule has 3 rings (SSSR count). The van der Waals surface area contributed by atoms with Gasteiger partial charge in [0, 0.05) is 11.5 Å². The monoisotopic (exact) mass is 314 g/mol. The lowest BCUT2D eigenvalue weighted by Crippen LogP contribution is -2.42. The van der Waals surface area contributed by atoms with Gasteiger partial charge in [-0.3, -0.25) is 4.99 Å². The van der Waals surface area contributed by atoms with Crippen LogP contribution in [0.4, 0.5) is 0 Å². The van der Waals surface area contributed by atoms with Crippen molar-refractivity contribution in [2.24, 2.45) is 10.1 Å². The molecule has 2 aliphatic rings. The molecule has 2 atom stereocenters. The molecule has 5 nitrogen and oxygen atoms in total. The van der Waals surface area contributed by atoms with E-state index in [2.05, 4.69) is 18.1 Å². The highest BCUT2D eigenvalue weighted by Gasteiger charge is 2.43. The summed E-state index contributed by atoms with van der Waals surface area (Å²) in [7, 11) is 0. The Hall–Kier alpha value is -2.17. The molecule has 0 bridgehead atoms. The Kier molecular flexibility index (Phi) is 4.20. The van der Waals surface area contributed by atoms with Gasteiger partial charge in [-0.05, 0) is 32.3 Å². The number of aliphatic imine (C=N–C) groups is 1. The Morgan fingerprint density at radius 1 is 1.43 bits per heavy atom. The summed E-state index contributed by atoms with van der Waals surface area (Å²) in [5.74, 6) is -0.292. The Morgan fingerprint density at radius 3 is 2.96 bits per heavy atom. The van der Waals surface area contributed by atoms with Crippen molar-refractivity contribution in [3.05, 3.63) is 35.4 Å². The summed E-state index contributed by atoms with van der Waals surface area (Å²) in [6.45, 7) is 4.08. The molecule has 0 aromatic heterocycles. The number of ether oxygens (including phenoxy) is 1. The van der Waals surface area contributed by atoms with Gasteiger partial charge in [0.1, 0.15) is 5.71 Å². The van der Waals surface area contributed by atoms with Crippen molar-refractivity contribution in [1.82, 2.24) is 0 Å². The first kappa shape index (κ1) is 15.7. The van der Waals surface area contributed by atoms with Gasteiger partial charge in [-0.25, -0.2) is 4.79 Å². The molecule has 1 fully saturated rings. The number of nitrogens with zero attached hydrogens (tertiary/aromatic N) is 2. The van der Waals surface area contributed by atoms with Crippen molar-refractivity contribution >= 4 is 17.4 Å². The Morgan fingerprint density at radius 2 is 2.22 bits per heavy atom. The number of hydrogen-bond donors (Lipinski definition) is 1. The molecular weight excluding hydrogens is 292 g/mol. The highest BCUT2D eigenvalue weighted by molar-refractivity contribution is 6.69. The SMILES string of the molecule is CCOC(=O)/C(=N\O)C1=N[C@@]2(C)CCCC[C@@H]2c2ccccc21. The van der Waals surface area contributed by atoms with Crippen molar-refractivity contribution in [3.8, 4) is 0 Å². The lowest BCUT2D eigenvalue weighted by atomic mass is 9.67. The van der Waals surface area contributed by atoms with Crippen molar-refractivity contribution in [1.29, 1.82) is 0 Å². The summed E-state index contributed by atoms with van der Waals surface area (Å²) in [5.41, 5.74) is 2.14. The minimum Gasteiger partial charge on any atom is -0.461 e. The predicted octanol–water partition coefficient (Wildman–Crippen LogP) is 3.30. The average Bonchev–Trinajstić information content (AvgIpc) is 2.55. The van der Waals surface area contributed by atoms with E-state index >= 15 is 0 Å². The zero-order chi connectivity index (χ0) is 16.4. The summed E-state index contributed by atoms with van der Waals surface area (Å²) in [6, 6.07) is 7.96. The maximum atomic E-state index is 12.2. The number of esters is 1. The quantitative estimate of drug-likeness (QED) is 0.403. The number of carbonyl (C=O) groups excluding carboxylic acids is 1. The number of fused-ring (bicyclic) bond motifs is 3. The van der Waals surface area contributed by atoms with Gasteiger partial charge in [0.25, 0.3) is 0 Å². The molecule has 1 N–H and O–H groups in total. The first-order valence-electron chi connectivity index (χ1n) is 8.19. The highest BCUT2D eigenvalue weighted by atomic mass is 16.5. The average molecular weight is 314 g/mol. The maximum Gasteiger partial charge on any atom is 0.362 e. The second-order valence-electron chi connectivity index (χ2n) is 6.37. The normalized spacial score (nSPS) is 26.8. The van der Waals surface area contributed by atoms with Crippen LogP contribution < -0.4 is 0 Å². The standard InChI is InChI=1S/C18H22N2O3/c1-3-23-17(21)16(20-22)15-13-9-5-4-8-12(13)14-10-6-7-11-18(14,2)19-15/h4-5,8-9,14,22H,3,6-7,10-11H2,1-2H3/b20-16-/t14-,18+/m1/s1. The van der Waals surface area contributed by atoms with E-state index in [4.69, 9.17) is 9.73 Å². The van der Waals surface area contributed by atoms with Gasteiger partial charge >= 0.3 is 5.97 Å². The molecule has 0 saturated heterocycles. The van der Waals surface area contributed by atoms with E-state index < -0.39 is 5.97 Å². The van der Waals surface area contributed by atoms with Crippen LogP contribution in [0.15, 0.2) is 34.4 Å². The number of carbonyl (C=O) groups is 1. The van der Waals surface area contributed by atoms with Crippen molar-refractivity contribution in [2.45, 2.75) is 51.0 Å². The summed E-state index contributed by atoms with van der Waals surface area (Å²) in [6.07, 6.45) is 4.38. The van der Waals surface area contributed by atoms with Crippen LogP contribution in [0.3, 0.4) is 0 Å². The van der Waals surface area contributed by atoms with Crippen LogP contribution >= 0.6 is 0 Å². The van der Waals surface area contributed by atoms with Crippen LogP contribution in [-0.4, -0.2) is 34.7 Å². The summed E-state index contributed by atoms with van der Waals surface area (Å²) in [5, 5.41) is 12.6. The van der Waals surface area contributed by atoms with Crippen LogP contribution in [-0.2, 0) is 9.53 Å². The molecule has 1 heterocycles. The molecule has 0 unspecified atom stereocenters.